The molecule has 0 aliphatic carbocycles. The Morgan fingerprint density at radius 1 is 1.13 bits per heavy atom. The van der Waals surface area contributed by atoms with Crippen LogP contribution in [0.3, 0.4) is 0 Å². The van der Waals surface area contributed by atoms with Crippen molar-refractivity contribution in [1.29, 1.82) is 0 Å². The van der Waals surface area contributed by atoms with Gasteiger partial charge in [-0.1, -0.05) is 6.92 Å². The van der Waals surface area contributed by atoms with Gasteiger partial charge in [-0.25, -0.2) is 8.42 Å². The summed E-state index contributed by atoms with van der Waals surface area (Å²) in [5.74, 6) is 0.422. The van der Waals surface area contributed by atoms with Crippen LogP contribution in [0.15, 0.2) is 17.0 Å². The van der Waals surface area contributed by atoms with Crippen LogP contribution in [0.25, 0.3) is 0 Å². The number of benzene rings is 1. The van der Waals surface area contributed by atoms with E-state index in [0.29, 0.717) is 38.3 Å². The lowest BCUT2D eigenvalue weighted by Gasteiger charge is -2.34. The Labute approximate surface area is 138 Å². The molecule has 1 aliphatic heterocycles. The molecule has 1 fully saturated rings. The molecule has 1 aromatic rings. The third-order valence-electron chi connectivity index (χ3n) is 4.29. The zero-order chi connectivity index (χ0) is 17.2. The predicted octanol–water partition coefficient (Wildman–Crippen LogP) is 1.55. The second-order valence-corrected chi connectivity index (χ2v) is 7.63. The second-order valence-electron chi connectivity index (χ2n) is 5.73. The maximum absolute atomic E-state index is 12.9. The Morgan fingerprint density at radius 3 is 2.22 bits per heavy atom. The van der Waals surface area contributed by atoms with Crippen LogP contribution in [0.4, 0.5) is 0 Å². The highest BCUT2D eigenvalue weighted by Gasteiger charge is 2.32. The summed E-state index contributed by atoms with van der Waals surface area (Å²) < 4.78 is 32.5. The van der Waals surface area contributed by atoms with E-state index in [0.717, 1.165) is 11.1 Å². The van der Waals surface area contributed by atoms with Crippen molar-refractivity contribution in [1.82, 2.24) is 9.21 Å². The molecule has 23 heavy (non-hydrogen) atoms. The maximum Gasteiger partial charge on any atom is 0.246 e. The van der Waals surface area contributed by atoms with E-state index in [1.165, 1.54) is 11.4 Å². The SMILES string of the molecule is CCC(=O)N1CCN(S(=O)(=O)c2cc(C)c(C)cc2OC)CC1. The summed E-state index contributed by atoms with van der Waals surface area (Å²) in [6, 6.07) is 3.41. The molecule has 0 saturated carbocycles. The monoisotopic (exact) mass is 340 g/mol. The van der Waals surface area contributed by atoms with Crippen LogP contribution in [0, 0.1) is 13.8 Å². The molecule has 0 atom stereocenters. The van der Waals surface area contributed by atoms with Gasteiger partial charge in [-0.15, -0.1) is 0 Å². The summed E-state index contributed by atoms with van der Waals surface area (Å²) in [6.45, 7) is 7.09. The smallest absolute Gasteiger partial charge is 0.246 e. The molecule has 0 bridgehead atoms. The summed E-state index contributed by atoms with van der Waals surface area (Å²) in [7, 11) is -2.16. The normalized spacial score (nSPS) is 16.4. The van der Waals surface area contributed by atoms with E-state index in [1.54, 1.807) is 17.0 Å². The van der Waals surface area contributed by atoms with Gasteiger partial charge >= 0.3 is 0 Å². The van der Waals surface area contributed by atoms with Crippen molar-refractivity contribution in [2.24, 2.45) is 0 Å². The van der Waals surface area contributed by atoms with E-state index < -0.39 is 10.0 Å². The third-order valence-corrected chi connectivity index (χ3v) is 6.21. The Balaban J connectivity index is 2.27. The van der Waals surface area contributed by atoms with Gasteiger partial charge < -0.3 is 9.64 Å². The molecule has 1 heterocycles. The van der Waals surface area contributed by atoms with Crippen molar-refractivity contribution in [2.45, 2.75) is 32.1 Å². The number of hydrogen-bond donors (Lipinski definition) is 0. The van der Waals surface area contributed by atoms with Crippen LogP contribution in [-0.4, -0.2) is 56.8 Å². The third kappa shape index (κ3) is 3.50. The Hall–Kier alpha value is -1.60. The fraction of sp³-hybridized carbons (Fsp3) is 0.562. The summed E-state index contributed by atoms with van der Waals surface area (Å²) in [5.41, 5.74) is 1.89. The molecule has 0 unspecified atom stereocenters. The quantitative estimate of drug-likeness (QED) is 0.834. The van der Waals surface area contributed by atoms with Gasteiger partial charge in [-0.05, 0) is 37.1 Å². The number of hydrogen-bond acceptors (Lipinski definition) is 4. The Morgan fingerprint density at radius 2 is 1.70 bits per heavy atom. The van der Waals surface area contributed by atoms with Crippen molar-refractivity contribution in [2.75, 3.05) is 33.3 Å². The number of sulfonamides is 1. The number of nitrogens with zero attached hydrogens (tertiary/aromatic N) is 2. The summed E-state index contributed by atoms with van der Waals surface area (Å²) in [4.78, 5) is 13.6. The van der Waals surface area contributed by atoms with Gasteiger partial charge in [0.2, 0.25) is 15.9 Å². The van der Waals surface area contributed by atoms with Crippen molar-refractivity contribution < 1.29 is 17.9 Å². The standard InChI is InChI=1S/C16H24N2O4S/c1-5-16(19)17-6-8-18(9-7-17)23(20,21)15-11-13(3)12(2)10-14(15)22-4/h10-11H,5-9H2,1-4H3. The van der Waals surface area contributed by atoms with E-state index in [1.807, 2.05) is 20.8 Å². The van der Waals surface area contributed by atoms with E-state index in [4.69, 9.17) is 4.74 Å². The Kier molecular flexibility index (Phi) is 5.31. The van der Waals surface area contributed by atoms with Gasteiger partial charge in [-0.2, -0.15) is 4.31 Å². The van der Waals surface area contributed by atoms with Crippen molar-refractivity contribution in [3.05, 3.63) is 23.3 Å². The van der Waals surface area contributed by atoms with Crippen molar-refractivity contribution in [3.8, 4) is 5.75 Å². The van der Waals surface area contributed by atoms with Crippen LogP contribution in [0.2, 0.25) is 0 Å². The minimum Gasteiger partial charge on any atom is -0.495 e. The highest BCUT2D eigenvalue weighted by Crippen LogP contribution is 2.30. The Bertz CT molecular complexity index is 692. The molecule has 0 spiro atoms. The summed E-state index contributed by atoms with van der Waals surface area (Å²) in [6.07, 6.45) is 0.442. The first-order valence-electron chi connectivity index (χ1n) is 7.74. The molecule has 1 saturated heterocycles. The number of rotatable bonds is 4. The topological polar surface area (TPSA) is 66.9 Å². The average molecular weight is 340 g/mol. The van der Waals surface area contributed by atoms with Crippen LogP contribution in [0.1, 0.15) is 24.5 Å². The first-order valence-corrected chi connectivity index (χ1v) is 9.18. The second kappa shape index (κ2) is 6.88. The number of amides is 1. The largest absolute Gasteiger partial charge is 0.495 e. The van der Waals surface area contributed by atoms with Crippen LogP contribution >= 0.6 is 0 Å². The number of carbonyl (C=O) groups is 1. The predicted molar refractivity (Wildman–Crippen MR) is 88.1 cm³/mol. The zero-order valence-electron chi connectivity index (χ0n) is 14.1. The van der Waals surface area contributed by atoms with Gasteiger partial charge in [-0.3, -0.25) is 4.79 Å². The number of methoxy groups -OCH3 is 1. The lowest BCUT2D eigenvalue weighted by atomic mass is 10.1. The molecular formula is C16H24N2O4S. The first-order chi connectivity index (χ1) is 10.8. The lowest BCUT2D eigenvalue weighted by Crippen LogP contribution is -2.50. The zero-order valence-corrected chi connectivity index (χ0v) is 14.9. The van der Waals surface area contributed by atoms with Crippen LogP contribution in [-0.2, 0) is 14.8 Å². The summed E-state index contributed by atoms with van der Waals surface area (Å²) in [5, 5.41) is 0. The molecule has 0 N–H and O–H groups in total. The van der Waals surface area contributed by atoms with Gasteiger partial charge in [0.25, 0.3) is 0 Å². The van der Waals surface area contributed by atoms with Gasteiger partial charge in [0, 0.05) is 32.6 Å². The molecule has 1 aromatic carbocycles. The molecule has 7 heteroatoms. The fourth-order valence-corrected chi connectivity index (χ4v) is 4.31. The number of piperazine rings is 1. The molecule has 128 valence electrons. The molecule has 6 nitrogen and oxygen atoms in total. The minimum atomic E-state index is -3.63. The van der Waals surface area contributed by atoms with Gasteiger partial charge in [0.1, 0.15) is 10.6 Å². The molecule has 1 aliphatic rings. The average Bonchev–Trinajstić information content (AvgIpc) is 2.56. The lowest BCUT2D eigenvalue weighted by molar-refractivity contribution is -0.132. The van der Waals surface area contributed by atoms with Crippen LogP contribution in [0.5, 0.6) is 5.75 Å². The van der Waals surface area contributed by atoms with E-state index >= 15 is 0 Å². The number of carbonyl (C=O) groups excluding carboxylic acids is 1. The van der Waals surface area contributed by atoms with Crippen molar-refractivity contribution in [3.63, 3.8) is 0 Å². The van der Waals surface area contributed by atoms with Gasteiger partial charge in [0.05, 0.1) is 7.11 Å². The maximum atomic E-state index is 12.9. The highest BCUT2D eigenvalue weighted by molar-refractivity contribution is 7.89. The highest BCUT2D eigenvalue weighted by atomic mass is 32.2. The molecular weight excluding hydrogens is 316 g/mol. The summed E-state index contributed by atoms with van der Waals surface area (Å²) >= 11 is 0. The van der Waals surface area contributed by atoms with E-state index in [2.05, 4.69) is 0 Å². The molecule has 1 amide bonds. The minimum absolute atomic E-state index is 0.0609. The molecule has 0 radical (unpaired) electrons. The van der Waals surface area contributed by atoms with Crippen molar-refractivity contribution >= 4 is 15.9 Å². The first kappa shape index (κ1) is 17.7. The van der Waals surface area contributed by atoms with E-state index in [-0.39, 0.29) is 10.8 Å². The van der Waals surface area contributed by atoms with Crippen LogP contribution < -0.4 is 4.74 Å². The fourth-order valence-electron chi connectivity index (χ4n) is 2.66. The number of aryl methyl sites for hydroxylation is 2. The molecule has 2 rings (SSSR count). The molecule has 0 aromatic heterocycles. The van der Waals surface area contributed by atoms with Gasteiger partial charge in [0.15, 0.2) is 0 Å². The number of ether oxygens (including phenoxy) is 1. The van der Waals surface area contributed by atoms with E-state index in [9.17, 15) is 13.2 Å².